The number of hydrogen-bond donors (Lipinski definition) is 0. The first-order chi connectivity index (χ1) is 34.7. The van der Waals surface area contributed by atoms with Crippen molar-refractivity contribution in [3.8, 4) is 0 Å². The van der Waals surface area contributed by atoms with Gasteiger partial charge in [0.25, 0.3) is 0 Å². The van der Waals surface area contributed by atoms with Crippen LogP contribution in [0.2, 0.25) is 0 Å². The Hall–Kier alpha value is -7.23. The lowest BCUT2D eigenvalue weighted by Crippen LogP contribution is -3.00. The standard InChI is InChI=1S/C51H69N18O3.3ClH/c1-10-64(43-19-13-40(14-20-43)52-55-49-58(4)31-32-59(49)5)28-25-46(70)67-37-68(47(71)26-29-65(11-2)44-21-15-41(16-22-44)53-56-50-60(6)33-34-61(50)7)39-69(38-67)48(72)27-30-66(12-3)45-23-17-42(18-24-45)54-57-51-62(8)35-36-63(51)9;;;/h13-24,31-36H,10-12,25-30,37-39H2,1-9H3;3*1H/q+3;;;/p-3. The van der Waals surface area contributed by atoms with Crippen molar-refractivity contribution >= 4 is 69.7 Å². The van der Waals surface area contributed by atoms with Gasteiger partial charge < -0.3 is 66.6 Å². The Morgan fingerprint density at radius 2 is 0.667 bits per heavy atom. The van der Waals surface area contributed by atoms with Gasteiger partial charge in [-0.1, -0.05) is 15.3 Å². The number of carbonyl (C=O) groups excluding carboxylic acids is 3. The fourth-order valence-electron chi connectivity index (χ4n) is 8.47. The number of hydrogen-bond acceptors (Lipinski definition) is 12. The third-order valence-corrected chi connectivity index (χ3v) is 12.9. The molecule has 6 aromatic rings. The Morgan fingerprint density at radius 3 is 0.867 bits per heavy atom. The van der Waals surface area contributed by atoms with Crippen LogP contribution in [0.3, 0.4) is 0 Å². The summed E-state index contributed by atoms with van der Waals surface area (Å²) in [6, 6.07) is 23.3. The predicted molar refractivity (Wildman–Crippen MR) is 274 cm³/mol. The monoisotopic (exact) mass is 1090 g/mol. The molecule has 4 heterocycles. The van der Waals surface area contributed by atoms with Crippen LogP contribution in [0.5, 0.6) is 0 Å². The normalized spacial score (nSPS) is 12.5. The van der Waals surface area contributed by atoms with Crippen molar-refractivity contribution in [1.29, 1.82) is 0 Å². The lowest BCUT2D eigenvalue weighted by molar-refractivity contribution is -0.657. The van der Waals surface area contributed by atoms with Gasteiger partial charge in [0.15, 0.2) is 0 Å². The molecule has 21 nitrogen and oxygen atoms in total. The number of imidazole rings is 3. The molecule has 0 radical (unpaired) electrons. The number of benzene rings is 3. The number of anilines is 3. The molecule has 1 saturated heterocycles. The molecule has 0 bridgehead atoms. The highest BCUT2D eigenvalue weighted by molar-refractivity contribution is 5.83. The van der Waals surface area contributed by atoms with Crippen molar-refractivity contribution in [2.45, 2.75) is 40.0 Å². The fraction of sp³-hybridized carbons (Fsp3) is 0.412. The van der Waals surface area contributed by atoms with Crippen molar-refractivity contribution in [2.75, 3.05) is 74.0 Å². The minimum absolute atomic E-state index is 0. The van der Waals surface area contributed by atoms with Crippen molar-refractivity contribution in [3.05, 3.63) is 110 Å². The molecule has 3 aromatic heterocycles. The van der Waals surface area contributed by atoms with E-state index >= 15 is 0 Å². The first-order valence-electron chi connectivity index (χ1n) is 24.4. The number of rotatable bonds is 21. The summed E-state index contributed by atoms with van der Waals surface area (Å²) in [6.07, 6.45) is 12.1. The Balaban J connectivity index is 0.00000406. The molecular weight excluding hydrogens is 1020 g/mol. The van der Waals surface area contributed by atoms with Gasteiger partial charge in [0.2, 0.25) is 17.7 Å². The SMILES string of the molecule is CCN(CCC(=O)N1CN(C(=O)CCN(CC)c2ccc(N=Nc3n(C)cc[n+]3C)cc2)CN(C(=O)CCN(CC)c2ccc(N=Nc3n(C)cc[n+]3C)cc2)C1)c1ccc(N=Nc2n(C)cc[n+]2C)cc1.[Cl-].[Cl-].[Cl-]. The molecule has 0 saturated carbocycles. The number of azo groups is 3. The van der Waals surface area contributed by atoms with Crippen LogP contribution in [-0.2, 0) is 56.7 Å². The number of aromatic nitrogens is 6. The summed E-state index contributed by atoms with van der Waals surface area (Å²) in [7, 11) is 11.5. The van der Waals surface area contributed by atoms with Gasteiger partial charge in [-0.3, -0.25) is 14.4 Å². The van der Waals surface area contributed by atoms with Crippen molar-refractivity contribution < 1.29 is 65.3 Å². The maximum atomic E-state index is 14.2. The van der Waals surface area contributed by atoms with Gasteiger partial charge in [-0.15, -0.1) is 0 Å². The zero-order valence-electron chi connectivity index (χ0n) is 44.3. The number of halogens is 3. The van der Waals surface area contributed by atoms with Crippen LogP contribution in [0.4, 0.5) is 52.0 Å². The number of carbonyl (C=O) groups is 3. The first-order valence-corrected chi connectivity index (χ1v) is 24.4. The summed E-state index contributed by atoms with van der Waals surface area (Å²) in [5.41, 5.74) is 4.97. The van der Waals surface area contributed by atoms with E-state index in [-0.39, 0.29) is 94.2 Å². The third kappa shape index (κ3) is 15.7. The molecule has 3 aromatic carbocycles. The summed E-state index contributed by atoms with van der Waals surface area (Å²) < 4.78 is 11.4. The molecule has 7 rings (SSSR count). The summed E-state index contributed by atoms with van der Waals surface area (Å²) in [5, 5.41) is 26.5. The zero-order valence-corrected chi connectivity index (χ0v) is 46.6. The van der Waals surface area contributed by atoms with Gasteiger partial charge >= 0.3 is 17.8 Å². The molecule has 0 spiro atoms. The summed E-state index contributed by atoms with van der Waals surface area (Å²) in [6.45, 7) is 9.75. The van der Waals surface area contributed by atoms with Crippen LogP contribution in [0.15, 0.2) is 141 Å². The second-order valence-corrected chi connectivity index (χ2v) is 17.8. The van der Waals surface area contributed by atoms with Gasteiger partial charge in [0.1, 0.15) is 17.1 Å². The van der Waals surface area contributed by atoms with Crippen LogP contribution < -0.4 is 65.6 Å². The average Bonchev–Trinajstić information content (AvgIpc) is 4.03. The fourth-order valence-corrected chi connectivity index (χ4v) is 8.47. The highest BCUT2D eigenvalue weighted by Crippen LogP contribution is 2.26. The van der Waals surface area contributed by atoms with Crippen LogP contribution in [0.1, 0.15) is 40.0 Å². The van der Waals surface area contributed by atoms with Crippen LogP contribution in [0.25, 0.3) is 0 Å². The average molecular weight is 1090 g/mol. The van der Waals surface area contributed by atoms with Crippen molar-refractivity contribution in [1.82, 2.24) is 28.4 Å². The minimum atomic E-state index is -0.147. The number of aryl methyl sites for hydroxylation is 6. The molecule has 3 amide bonds. The van der Waals surface area contributed by atoms with E-state index in [1.54, 1.807) is 14.7 Å². The van der Waals surface area contributed by atoms with E-state index in [0.29, 0.717) is 56.3 Å². The Kier molecular flexibility index (Phi) is 22.9. The van der Waals surface area contributed by atoms with Crippen molar-refractivity contribution in [2.24, 2.45) is 73.0 Å². The molecule has 1 aliphatic heterocycles. The van der Waals surface area contributed by atoms with E-state index in [4.69, 9.17) is 0 Å². The largest absolute Gasteiger partial charge is 1.00 e. The van der Waals surface area contributed by atoms with Crippen LogP contribution >= 0.6 is 0 Å². The Labute approximate surface area is 458 Å². The molecule has 0 aliphatic carbocycles. The second kappa shape index (κ2) is 28.4. The van der Waals surface area contributed by atoms with Gasteiger partial charge in [0.05, 0.1) is 99.5 Å². The maximum Gasteiger partial charge on any atom is 0.421 e. The second-order valence-electron chi connectivity index (χ2n) is 17.8. The molecule has 24 heteroatoms. The van der Waals surface area contributed by atoms with Crippen LogP contribution in [-0.4, -0.2) is 105 Å². The minimum Gasteiger partial charge on any atom is -1.00 e. The quantitative estimate of drug-likeness (QED) is 0.0589. The molecule has 1 fully saturated rings. The first kappa shape index (κ1) is 60.3. The van der Waals surface area contributed by atoms with E-state index in [1.165, 1.54) is 0 Å². The number of nitrogens with zero attached hydrogens (tertiary/aromatic N) is 18. The van der Waals surface area contributed by atoms with Gasteiger partial charge in [0, 0.05) is 90.9 Å². The predicted octanol–water partition coefficient (Wildman–Crippen LogP) is -2.14. The van der Waals surface area contributed by atoms with Crippen molar-refractivity contribution in [3.63, 3.8) is 0 Å². The lowest BCUT2D eigenvalue weighted by atomic mass is 10.2. The molecular formula is C51H69Cl3N18O3. The maximum absolute atomic E-state index is 14.2. The summed E-state index contributed by atoms with van der Waals surface area (Å²) in [4.78, 5) is 53.8. The smallest absolute Gasteiger partial charge is 0.421 e. The molecule has 0 unspecified atom stereocenters. The summed E-state index contributed by atoms with van der Waals surface area (Å²) >= 11 is 0. The Morgan fingerprint density at radius 1 is 0.427 bits per heavy atom. The van der Waals surface area contributed by atoms with Gasteiger partial charge in [-0.25, -0.2) is 27.4 Å². The molecule has 75 heavy (non-hydrogen) atoms. The topological polar surface area (TPSA) is 171 Å². The van der Waals surface area contributed by atoms with E-state index in [2.05, 4.69) is 45.4 Å². The number of amides is 3. The molecule has 0 N–H and O–H groups in total. The molecule has 402 valence electrons. The Bertz CT molecular complexity index is 2510. The summed E-state index contributed by atoms with van der Waals surface area (Å²) in [5.74, 6) is 1.72. The lowest BCUT2D eigenvalue weighted by Gasteiger charge is -2.43. The molecule has 1 aliphatic rings. The van der Waals surface area contributed by atoms with Gasteiger partial charge in [-0.2, -0.15) is 0 Å². The van der Waals surface area contributed by atoms with Crippen LogP contribution in [0, 0.1) is 0 Å². The zero-order chi connectivity index (χ0) is 51.3. The molecule has 0 atom stereocenters. The van der Waals surface area contributed by atoms with E-state index < -0.39 is 0 Å². The highest BCUT2D eigenvalue weighted by Gasteiger charge is 2.32. The van der Waals surface area contributed by atoms with E-state index in [0.717, 1.165) is 34.9 Å². The van der Waals surface area contributed by atoms with E-state index in [9.17, 15) is 14.4 Å². The third-order valence-electron chi connectivity index (χ3n) is 12.9. The van der Waals surface area contributed by atoms with E-state index in [1.807, 2.05) is 200 Å². The van der Waals surface area contributed by atoms with Gasteiger partial charge in [-0.05, 0) is 93.6 Å². The highest BCUT2D eigenvalue weighted by atomic mass is 35.5.